The first kappa shape index (κ1) is 24.6. The molecule has 172 valence electrons. The summed E-state index contributed by atoms with van der Waals surface area (Å²) < 4.78 is 25.3. The van der Waals surface area contributed by atoms with Gasteiger partial charge < -0.3 is 14.8 Å². The van der Waals surface area contributed by atoms with E-state index in [1.807, 2.05) is 26.0 Å². The minimum absolute atomic E-state index is 0.0945. The maximum atomic E-state index is 14.3. The molecule has 2 unspecified atom stereocenters. The number of hydrogen-bond donors (Lipinski definition) is 1. The molecule has 3 aromatic carbocycles. The smallest absolute Gasteiger partial charge is 0.330 e. The van der Waals surface area contributed by atoms with Crippen LogP contribution in [0.5, 0.6) is 11.5 Å². The molecule has 0 heterocycles. The number of ether oxygens (including phenoxy) is 2. The molecule has 0 amide bonds. The van der Waals surface area contributed by atoms with E-state index in [-0.39, 0.29) is 22.3 Å². The van der Waals surface area contributed by atoms with E-state index in [0.29, 0.717) is 17.0 Å². The first-order valence-corrected chi connectivity index (χ1v) is 10.8. The lowest BCUT2D eigenvalue weighted by Gasteiger charge is -2.24. The standard InChI is InChI=1S/C26H21ClFN3O3/c1-16(2)25(31-22-11-8-17(14-29)12-20(22)27)26(32)34-24(15-30)18-9-10-21(28)23(13-18)33-19-6-4-3-5-7-19/h3-13,16,24-25,31H,1-2H3. The predicted molar refractivity (Wildman–Crippen MR) is 126 cm³/mol. The van der Waals surface area contributed by atoms with E-state index in [0.717, 1.165) is 6.07 Å². The monoisotopic (exact) mass is 477 g/mol. The third-order valence-corrected chi connectivity index (χ3v) is 5.22. The van der Waals surface area contributed by atoms with Crippen molar-refractivity contribution in [2.75, 3.05) is 5.32 Å². The molecule has 0 saturated heterocycles. The normalized spacial score (nSPS) is 12.2. The molecule has 2 atom stereocenters. The van der Waals surface area contributed by atoms with Crippen LogP contribution >= 0.6 is 11.6 Å². The Labute approximate surface area is 202 Å². The fourth-order valence-corrected chi connectivity index (χ4v) is 3.34. The SMILES string of the molecule is CC(C)C(Nc1ccc(C#N)cc1Cl)C(=O)OC(C#N)c1ccc(F)c(Oc2ccccc2)c1. The van der Waals surface area contributed by atoms with Crippen LogP contribution in [0.3, 0.4) is 0 Å². The Balaban J connectivity index is 1.79. The summed E-state index contributed by atoms with van der Waals surface area (Å²) in [4.78, 5) is 13.0. The van der Waals surface area contributed by atoms with Crippen LogP contribution in [0.25, 0.3) is 0 Å². The van der Waals surface area contributed by atoms with Crippen molar-refractivity contribution in [3.05, 3.63) is 88.7 Å². The zero-order valence-electron chi connectivity index (χ0n) is 18.5. The van der Waals surface area contributed by atoms with Crippen LogP contribution < -0.4 is 10.1 Å². The van der Waals surface area contributed by atoms with Crippen LogP contribution in [0.2, 0.25) is 5.02 Å². The molecule has 0 aliphatic rings. The van der Waals surface area contributed by atoms with Crippen molar-refractivity contribution >= 4 is 23.3 Å². The van der Waals surface area contributed by atoms with E-state index in [1.165, 1.54) is 18.2 Å². The molecule has 0 bridgehead atoms. The Hall–Kier alpha value is -4.07. The third-order valence-electron chi connectivity index (χ3n) is 4.91. The van der Waals surface area contributed by atoms with Gasteiger partial charge in [-0.15, -0.1) is 0 Å². The summed E-state index contributed by atoms with van der Waals surface area (Å²) >= 11 is 6.22. The van der Waals surface area contributed by atoms with Crippen LogP contribution in [-0.4, -0.2) is 12.0 Å². The van der Waals surface area contributed by atoms with Gasteiger partial charge >= 0.3 is 5.97 Å². The number of benzene rings is 3. The fourth-order valence-electron chi connectivity index (χ4n) is 3.10. The molecule has 0 saturated carbocycles. The van der Waals surface area contributed by atoms with Crippen LogP contribution in [0.4, 0.5) is 10.1 Å². The van der Waals surface area contributed by atoms with Gasteiger partial charge in [-0.2, -0.15) is 10.5 Å². The van der Waals surface area contributed by atoms with Gasteiger partial charge in [-0.25, -0.2) is 9.18 Å². The Kier molecular flexibility index (Phi) is 8.08. The Morgan fingerprint density at radius 2 is 1.79 bits per heavy atom. The summed E-state index contributed by atoms with van der Waals surface area (Å²) in [6.07, 6.45) is -1.29. The zero-order valence-corrected chi connectivity index (χ0v) is 19.2. The topological polar surface area (TPSA) is 95.1 Å². The average molecular weight is 478 g/mol. The van der Waals surface area contributed by atoms with Gasteiger partial charge in [0.05, 0.1) is 22.3 Å². The van der Waals surface area contributed by atoms with Crippen molar-refractivity contribution in [3.63, 3.8) is 0 Å². The van der Waals surface area contributed by atoms with Crippen molar-refractivity contribution in [2.24, 2.45) is 5.92 Å². The Bertz CT molecular complexity index is 1250. The van der Waals surface area contributed by atoms with Crippen LogP contribution in [0.15, 0.2) is 66.7 Å². The van der Waals surface area contributed by atoms with Crippen molar-refractivity contribution in [3.8, 4) is 23.6 Å². The molecule has 0 aromatic heterocycles. The van der Waals surface area contributed by atoms with Crippen molar-refractivity contribution in [1.82, 2.24) is 0 Å². The number of nitrogens with one attached hydrogen (secondary N) is 1. The number of esters is 1. The molecule has 1 N–H and O–H groups in total. The summed E-state index contributed by atoms with van der Waals surface area (Å²) in [6.45, 7) is 3.61. The molecule has 6 nitrogen and oxygen atoms in total. The molecule has 0 aliphatic heterocycles. The summed E-state index contributed by atoms with van der Waals surface area (Å²) in [5, 5.41) is 22.0. The second-order valence-corrected chi connectivity index (χ2v) is 8.13. The van der Waals surface area contributed by atoms with Crippen LogP contribution in [-0.2, 0) is 9.53 Å². The average Bonchev–Trinajstić information content (AvgIpc) is 2.83. The fraction of sp³-hybridized carbons (Fsp3) is 0.192. The van der Waals surface area contributed by atoms with Gasteiger partial charge in [0.1, 0.15) is 17.9 Å². The van der Waals surface area contributed by atoms with Gasteiger partial charge in [0, 0.05) is 5.56 Å². The largest absolute Gasteiger partial charge is 0.454 e. The summed E-state index contributed by atoms with van der Waals surface area (Å²) in [7, 11) is 0. The Morgan fingerprint density at radius 1 is 1.06 bits per heavy atom. The number of para-hydroxylation sites is 1. The van der Waals surface area contributed by atoms with Gasteiger partial charge in [0.25, 0.3) is 0 Å². The third kappa shape index (κ3) is 6.04. The van der Waals surface area contributed by atoms with Gasteiger partial charge in [-0.3, -0.25) is 0 Å². The predicted octanol–water partition coefficient (Wildman–Crippen LogP) is 6.39. The number of carbonyl (C=O) groups is 1. The minimum Gasteiger partial charge on any atom is -0.454 e. The maximum absolute atomic E-state index is 14.3. The molecular formula is C26H21ClFN3O3. The van der Waals surface area contributed by atoms with Crippen molar-refractivity contribution in [2.45, 2.75) is 26.0 Å². The lowest BCUT2D eigenvalue weighted by molar-refractivity contribution is -0.148. The lowest BCUT2D eigenvalue weighted by Crippen LogP contribution is -2.36. The molecule has 3 aromatic rings. The molecule has 8 heteroatoms. The first-order valence-electron chi connectivity index (χ1n) is 10.4. The highest BCUT2D eigenvalue weighted by Crippen LogP contribution is 2.30. The molecule has 34 heavy (non-hydrogen) atoms. The zero-order chi connectivity index (χ0) is 24.7. The number of anilines is 1. The first-order chi connectivity index (χ1) is 16.3. The number of hydrogen-bond acceptors (Lipinski definition) is 6. The van der Waals surface area contributed by atoms with E-state index in [4.69, 9.17) is 26.3 Å². The molecule has 0 radical (unpaired) electrons. The maximum Gasteiger partial charge on any atom is 0.330 e. The highest BCUT2D eigenvalue weighted by molar-refractivity contribution is 6.33. The second kappa shape index (κ2) is 11.2. The van der Waals surface area contributed by atoms with E-state index < -0.39 is 23.9 Å². The molecule has 0 aliphatic carbocycles. The number of rotatable bonds is 8. The Morgan fingerprint density at radius 3 is 2.41 bits per heavy atom. The number of nitrogens with zero attached hydrogens (tertiary/aromatic N) is 2. The highest BCUT2D eigenvalue weighted by atomic mass is 35.5. The van der Waals surface area contributed by atoms with Crippen molar-refractivity contribution < 1.29 is 18.7 Å². The molecule has 0 spiro atoms. The van der Waals surface area contributed by atoms with Crippen LogP contribution in [0.1, 0.15) is 31.1 Å². The van der Waals surface area contributed by atoms with E-state index in [9.17, 15) is 14.4 Å². The minimum atomic E-state index is -1.29. The molecule has 3 rings (SSSR count). The van der Waals surface area contributed by atoms with E-state index in [1.54, 1.807) is 42.5 Å². The van der Waals surface area contributed by atoms with Crippen LogP contribution in [0, 0.1) is 34.4 Å². The highest BCUT2D eigenvalue weighted by Gasteiger charge is 2.28. The molecule has 0 fully saturated rings. The van der Waals surface area contributed by atoms with Gasteiger partial charge in [0.2, 0.25) is 6.10 Å². The van der Waals surface area contributed by atoms with Gasteiger partial charge in [0.15, 0.2) is 11.6 Å². The number of carbonyl (C=O) groups excluding carboxylic acids is 1. The summed E-state index contributed by atoms with van der Waals surface area (Å²) in [5.41, 5.74) is 1.10. The quantitative estimate of drug-likeness (QED) is 0.378. The van der Waals surface area contributed by atoms with E-state index >= 15 is 0 Å². The number of halogens is 2. The lowest BCUT2D eigenvalue weighted by atomic mass is 10.0. The van der Waals surface area contributed by atoms with E-state index in [2.05, 4.69) is 5.32 Å². The molecular weight excluding hydrogens is 457 g/mol. The van der Waals surface area contributed by atoms with Gasteiger partial charge in [-0.05, 0) is 48.4 Å². The van der Waals surface area contributed by atoms with Crippen molar-refractivity contribution in [1.29, 1.82) is 10.5 Å². The van der Waals surface area contributed by atoms with Gasteiger partial charge in [-0.1, -0.05) is 49.7 Å². The number of nitriles is 2. The summed E-state index contributed by atoms with van der Waals surface area (Å²) in [6, 6.07) is 20.2. The summed E-state index contributed by atoms with van der Waals surface area (Å²) in [5.74, 6) is -1.19. The second-order valence-electron chi connectivity index (χ2n) is 7.72.